The Morgan fingerprint density at radius 3 is 2.49 bits per heavy atom. The highest BCUT2D eigenvalue weighted by molar-refractivity contribution is 7.91. The number of benzene rings is 3. The van der Waals surface area contributed by atoms with Crippen molar-refractivity contribution in [3.8, 4) is 11.6 Å². The Morgan fingerprint density at radius 2 is 1.73 bits per heavy atom. The number of carbonyl (C=O) groups is 1. The number of hydrogen-bond donors (Lipinski definition) is 4. The topological polar surface area (TPSA) is 231 Å². The summed E-state index contributed by atoms with van der Waals surface area (Å²) in [5, 5.41) is 27.7. The predicted octanol–water partition coefficient (Wildman–Crippen LogP) is 7.06. The van der Waals surface area contributed by atoms with E-state index in [9.17, 15) is 20.0 Å². The molecule has 8 heterocycles. The Hall–Kier alpha value is -6.03. The van der Waals surface area contributed by atoms with Crippen LogP contribution in [0.25, 0.3) is 11.0 Å². The van der Waals surface area contributed by atoms with Gasteiger partial charge in [-0.15, -0.1) is 0 Å². The van der Waals surface area contributed by atoms with Gasteiger partial charge in [0, 0.05) is 75.6 Å². The molecular formula is C55H67N9O10S. The van der Waals surface area contributed by atoms with Crippen molar-refractivity contribution >= 4 is 55.2 Å². The molecule has 75 heavy (non-hydrogen) atoms. The molecule has 1 amide bonds. The van der Waals surface area contributed by atoms with Gasteiger partial charge in [-0.25, -0.2) is 8.42 Å². The second-order valence-electron chi connectivity index (χ2n) is 22.5. The van der Waals surface area contributed by atoms with Crippen LogP contribution in [0.4, 0.5) is 28.4 Å². The van der Waals surface area contributed by atoms with Gasteiger partial charge in [-0.3, -0.25) is 19.8 Å². The molecule has 5 aromatic rings. The number of sulfone groups is 1. The molecule has 5 N–H and O–H groups in total. The number of aromatic nitrogens is 2. The van der Waals surface area contributed by atoms with Crippen LogP contribution in [-0.2, 0) is 19.3 Å². The lowest BCUT2D eigenvalue weighted by atomic mass is 9.59. The summed E-state index contributed by atoms with van der Waals surface area (Å²) in [6.07, 6.45) is 6.42. The molecule has 0 radical (unpaired) electrons. The predicted molar refractivity (Wildman–Crippen MR) is 282 cm³/mol. The molecule has 1 saturated carbocycles. The van der Waals surface area contributed by atoms with Crippen LogP contribution in [0.1, 0.15) is 99.2 Å². The first-order valence-electron chi connectivity index (χ1n) is 26.6. The maximum Gasteiger partial charge on any atom is 0.297 e. The fourth-order valence-electron chi connectivity index (χ4n) is 13.2. The van der Waals surface area contributed by atoms with Gasteiger partial charge in [0.05, 0.1) is 70.3 Å². The van der Waals surface area contributed by atoms with E-state index >= 15 is 8.42 Å². The lowest BCUT2D eigenvalue weighted by molar-refractivity contribution is -0.384. The minimum Gasteiger partial charge on any atom is -0.489 e. The number of likely N-dealkylation sites (tertiary alicyclic amines) is 1. The second kappa shape index (κ2) is 19.2. The Kier molecular flexibility index (Phi) is 12.8. The number of rotatable bonds is 11. The number of nitrogens with one attached hydrogen (secondary N) is 2. The zero-order valence-electron chi connectivity index (χ0n) is 42.8. The van der Waals surface area contributed by atoms with E-state index in [2.05, 4.69) is 63.1 Å². The van der Waals surface area contributed by atoms with E-state index in [0.717, 1.165) is 43.7 Å². The van der Waals surface area contributed by atoms with Crippen LogP contribution in [-0.4, -0.2) is 146 Å². The highest BCUT2D eigenvalue weighted by Gasteiger charge is 2.51. The van der Waals surface area contributed by atoms with Crippen LogP contribution in [0, 0.1) is 15.5 Å². The number of nitro benzene ring substituents is 1. The third-order valence-corrected chi connectivity index (χ3v) is 19.2. The lowest BCUT2D eigenvalue weighted by Gasteiger charge is -2.57. The summed E-state index contributed by atoms with van der Waals surface area (Å²) in [6.45, 7) is 12.0. The van der Waals surface area contributed by atoms with Gasteiger partial charge in [-0.1, -0.05) is 38.1 Å². The van der Waals surface area contributed by atoms with Gasteiger partial charge >= 0.3 is 0 Å². The zero-order valence-corrected chi connectivity index (χ0v) is 43.6. The smallest absolute Gasteiger partial charge is 0.297 e. The number of pyridine rings is 1. The third kappa shape index (κ3) is 9.03. The van der Waals surface area contributed by atoms with Crippen LogP contribution in [0.2, 0.25) is 0 Å². The normalized spacial score (nSPS) is 24.9. The van der Waals surface area contributed by atoms with Crippen LogP contribution in [0.15, 0.2) is 76.7 Å². The summed E-state index contributed by atoms with van der Waals surface area (Å²) in [5.74, 6) is -0.204. The molecule has 5 fully saturated rings. The zero-order chi connectivity index (χ0) is 52.0. The molecule has 0 bridgehead atoms. The number of anilines is 4. The molecule has 6 aliphatic heterocycles. The van der Waals surface area contributed by atoms with Crippen molar-refractivity contribution in [1.29, 1.82) is 0 Å². The first-order valence-corrected chi connectivity index (χ1v) is 28.1. The van der Waals surface area contributed by atoms with Gasteiger partial charge in [0.15, 0.2) is 11.4 Å². The number of nitrogens with two attached hydrogens (primary N) is 1. The van der Waals surface area contributed by atoms with Crippen LogP contribution in [0.3, 0.4) is 0 Å². The lowest BCUT2D eigenvalue weighted by Crippen LogP contribution is -2.58. The van der Waals surface area contributed by atoms with E-state index in [0.29, 0.717) is 101 Å². The molecule has 12 rings (SSSR count). The molecule has 20 heteroatoms. The Morgan fingerprint density at radius 1 is 0.960 bits per heavy atom. The van der Waals surface area contributed by atoms with Crippen molar-refractivity contribution in [2.24, 2.45) is 11.1 Å². The fraction of sp³-hybridized carbons (Fsp3) is 0.527. The maximum atomic E-state index is 16.2. The Bertz CT molecular complexity index is 3140. The molecule has 4 atom stereocenters. The number of H-pyrrole nitrogens is 1. The Labute approximate surface area is 436 Å². The third-order valence-electron chi connectivity index (χ3n) is 17.4. The van der Waals surface area contributed by atoms with Crippen molar-refractivity contribution in [2.75, 3.05) is 87.4 Å². The van der Waals surface area contributed by atoms with Crippen molar-refractivity contribution in [1.82, 2.24) is 19.8 Å². The first-order chi connectivity index (χ1) is 36.1. The number of primary amides is 1. The number of amides is 1. The number of carbonyl (C=O) groups excluding carboxylic acids is 1. The molecule has 4 saturated heterocycles. The number of ether oxygens (including phenoxy) is 4. The minimum atomic E-state index is -4.80. The molecule has 0 unspecified atom stereocenters. The maximum absolute atomic E-state index is 16.2. The monoisotopic (exact) mass is 1050 g/mol. The number of nitrogens with zero attached hydrogens (tertiary/aromatic N) is 6. The van der Waals surface area contributed by atoms with Crippen molar-refractivity contribution in [2.45, 2.75) is 117 Å². The fourth-order valence-corrected chi connectivity index (χ4v) is 14.9. The van der Waals surface area contributed by atoms with Gasteiger partial charge in [-0.05, 0) is 98.6 Å². The molecule has 19 nitrogen and oxygen atoms in total. The highest BCUT2D eigenvalue weighted by Crippen LogP contribution is 2.56. The van der Waals surface area contributed by atoms with E-state index in [4.69, 9.17) is 29.7 Å². The van der Waals surface area contributed by atoms with E-state index < -0.39 is 44.1 Å². The van der Waals surface area contributed by atoms with E-state index in [1.165, 1.54) is 17.2 Å². The largest absolute Gasteiger partial charge is 0.489 e. The van der Waals surface area contributed by atoms with Gasteiger partial charge < -0.3 is 54.8 Å². The number of aromatic amines is 1. The summed E-state index contributed by atoms with van der Waals surface area (Å²) < 4.78 is 57.3. The number of piperidine rings is 2. The summed E-state index contributed by atoms with van der Waals surface area (Å²) in [7, 11) is -4.80. The number of hydrogen-bond acceptors (Lipinski definition) is 16. The van der Waals surface area contributed by atoms with Crippen LogP contribution >= 0.6 is 0 Å². The first kappa shape index (κ1) is 49.8. The summed E-state index contributed by atoms with van der Waals surface area (Å²) >= 11 is 0. The molecule has 2 aromatic heterocycles. The summed E-state index contributed by atoms with van der Waals surface area (Å²) in [6, 6.07) is 17.9. The molecule has 3 aromatic carbocycles. The van der Waals surface area contributed by atoms with Crippen molar-refractivity contribution < 1.29 is 42.2 Å². The average molecular weight is 1050 g/mol. The number of nitro groups is 1. The van der Waals surface area contributed by atoms with E-state index in [1.807, 2.05) is 24.0 Å². The average Bonchev–Trinajstić information content (AvgIpc) is 3.86. The van der Waals surface area contributed by atoms with Gasteiger partial charge in [0.25, 0.3) is 11.6 Å². The minimum absolute atomic E-state index is 0.0321. The standard InChI is InChI=1S/C55H67N9O10S/c1-33(2)38-6-4-5-7-39(38)45-31-72-23-21-62(45)36-27-55(28-36)14-19-61(20-15-55)42-9-8-40(51(56)65)49(63-41-11-22-71-32-47(41)74-53-44(63)24-34-10-16-57-52(34)59-53)50(42)75(69,70)37-25-43(64(67)68)48-46(26-37)73-30-35(58-48)29-60-17-12-54(3,66)13-18-60/h4-10,16,24-26,33,35-36,41,45,47,58,66H,11-15,17-23,27-32H2,1-3H3,(H2,56,65)(H,57,59)/t35-,41-,45-,47-/m0/s1. The van der Waals surface area contributed by atoms with Gasteiger partial charge in [-0.2, -0.15) is 4.98 Å². The van der Waals surface area contributed by atoms with Crippen molar-refractivity contribution in [3.63, 3.8) is 0 Å². The number of fused-ring (bicyclic) bond motifs is 4. The molecule has 1 aliphatic carbocycles. The van der Waals surface area contributed by atoms with Crippen LogP contribution in [0.5, 0.6) is 11.6 Å². The van der Waals surface area contributed by atoms with Crippen molar-refractivity contribution in [3.05, 3.63) is 93.7 Å². The van der Waals surface area contributed by atoms with Gasteiger partial charge in [0.1, 0.15) is 28.9 Å². The number of morpholine rings is 1. The highest BCUT2D eigenvalue weighted by atomic mass is 32.2. The molecule has 398 valence electrons. The quantitative estimate of drug-likeness (QED) is 0.0767. The number of aliphatic hydroxyl groups is 1. The van der Waals surface area contributed by atoms with Crippen LogP contribution < -0.4 is 30.3 Å². The molecular weight excluding hydrogens is 979 g/mol. The summed E-state index contributed by atoms with van der Waals surface area (Å²) in [4.78, 5) is 42.7. The van der Waals surface area contributed by atoms with E-state index in [-0.39, 0.29) is 69.1 Å². The van der Waals surface area contributed by atoms with Gasteiger partial charge in [0.2, 0.25) is 15.7 Å². The molecule has 1 spiro atoms. The SMILES string of the molecule is CC(C)c1ccccc1[C@@H]1COCCN1C1CC2(CCN(c3ccc(C(N)=O)c(N4c5cc6cc[nH]c6nc5O[C@H]5COCC[C@@H]54)c3S(=O)(=O)c3cc4c(c([N+](=O)[O-])c3)N[C@@H](CN3CCC(C)(O)CC3)CO4)CC2)C1. The van der Waals surface area contributed by atoms with E-state index in [1.54, 1.807) is 18.3 Å². The molecule has 7 aliphatic rings. The Balaban J connectivity index is 0.928. The summed E-state index contributed by atoms with van der Waals surface area (Å²) in [5.41, 5.74) is 9.34. The second-order valence-corrected chi connectivity index (χ2v) is 24.4.